The molecule has 1 aromatic heterocycles. The molecule has 0 radical (unpaired) electrons. The minimum absolute atomic E-state index is 0.0796. The number of hydrogen-bond acceptors (Lipinski definition) is 5. The molecule has 0 fully saturated rings. The summed E-state index contributed by atoms with van der Waals surface area (Å²) in [6.45, 7) is 14.8. The van der Waals surface area contributed by atoms with Crippen molar-refractivity contribution in [1.82, 2.24) is 3.97 Å². The highest BCUT2D eigenvalue weighted by atomic mass is 35.5. The summed E-state index contributed by atoms with van der Waals surface area (Å²) < 4.78 is 39.8. The highest BCUT2D eigenvalue weighted by molar-refractivity contribution is 7.90. The lowest BCUT2D eigenvalue weighted by atomic mass is 10.2. The molecule has 4 rings (SSSR count). The summed E-state index contributed by atoms with van der Waals surface area (Å²) in [6, 6.07) is 23.9. The van der Waals surface area contributed by atoms with E-state index in [4.69, 9.17) is 20.9 Å². The zero-order valence-electron chi connectivity index (χ0n) is 23.9. The van der Waals surface area contributed by atoms with E-state index in [9.17, 15) is 13.2 Å². The number of carbonyl (C=O) groups is 1. The van der Waals surface area contributed by atoms with Crippen LogP contribution < -0.4 is 10.6 Å². The molecule has 0 spiro atoms. The van der Waals surface area contributed by atoms with Gasteiger partial charge in [0.2, 0.25) is 10.0 Å². The van der Waals surface area contributed by atoms with Crippen LogP contribution in [0, 0.1) is 0 Å². The predicted molar refractivity (Wildman–Crippen MR) is 173 cm³/mol. The smallest absolute Gasteiger partial charge is 0.356 e. The van der Waals surface area contributed by atoms with Crippen molar-refractivity contribution in [3.05, 3.63) is 120 Å². The van der Waals surface area contributed by atoms with E-state index in [1.165, 1.54) is 6.08 Å². The van der Waals surface area contributed by atoms with Gasteiger partial charge in [-0.05, 0) is 37.6 Å². The zero-order valence-corrected chi connectivity index (χ0v) is 26.4. The van der Waals surface area contributed by atoms with E-state index in [0.717, 1.165) is 14.8 Å². The van der Waals surface area contributed by atoms with Gasteiger partial charge in [-0.25, -0.2) is 17.2 Å². The second kappa shape index (κ2) is 16.9. The molecule has 218 valence electrons. The fourth-order valence-corrected chi connectivity index (χ4v) is 7.49. The Labute approximate surface area is 250 Å². The van der Waals surface area contributed by atoms with Crippen LogP contribution >= 0.6 is 19.7 Å². The molecule has 0 saturated heterocycles. The second-order valence-electron chi connectivity index (χ2n) is 8.21. The van der Waals surface area contributed by atoms with Crippen LogP contribution in [0.4, 0.5) is 0 Å². The van der Waals surface area contributed by atoms with Crippen LogP contribution in [-0.2, 0) is 25.9 Å². The van der Waals surface area contributed by atoms with E-state index in [1.807, 2.05) is 81.4 Å². The molecule has 0 bridgehead atoms. The van der Waals surface area contributed by atoms with E-state index in [1.54, 1.807) is 31.2 Å². The van der Waals surface area contributed by atoms with Crippen molar-refractivity contribution in [2.24, 2.45) is 0 Å². The molecule has 0 saturated carbocycles. The predicted octanol–water partition coefficient (Wildman–Crippen LogP) is 7.62. The Hall–Kier alpha value is -3.22. The van der Waals surface area contributed by atoms with Gasteiger partial charge in [0.05, 0.1) is 32.6 Å². The quantitative estimate of drug-likeness (QED) is 0.104. The number of aromatic nitrogens is 1. The molecular formula is C32H37ClNO5PS. The largest absolute Gasteiger partial charge is 0.461 e. The minimum Gasteiger partial charge on any atom is -0.461 e. The summed E-state index contributed by atoms with van der Waals surface area (Å²) >= 11 is 6.37. The molecule has 41 heavy (non-hydrogen) atoms. The summed E-state index contributed by atoms with van der Waals surface area (Å²) in [4.78, 5) is 13.4. The third-order valence-electron chi connectivity index (χ3n) is 5.33. The first kappa shape index (κ1) is 34.0. The maximum absolute atomic E-state index is 13.4. The molecule has 6 nitrogen and oxygen atoms in total. The normalized spacial score (nSPS) is 11.3. The number of halogens is 1. The lowest BCUT2D eigenvalue weighted by Crippen LogP contribution is -2.27. The fourth-order valence-electron chi connectivity index (χ4n) is 3.86. The van der Waals surface area contributed by atoms with Gasteiger partial charge in [-0.1, -0.05) is 98.3 Å². The average molecular weight is 614 g/mol. The Kier molecular flexibility index (Phi) is 14.0. The minimum atomic E-state index is -4.00. The van der Waals surface area contributed by atoms with Crippen LogP contribution in [-0.4, -0.2) is 30.7 Å². The lowest BCUT2D eigenvalue weighted by molar-refractivity contribution is 0.0520. The van der Waals surface area contributed by atoms with Crippen molar-refractivity contribution in [3.8, 4) is 0 Å². The number of rotatable bonds is 10. The van der Waals surface area contributed by atoms with Gasteiger partial charge in [0.15, 0.2) is 5.69 Å². The molecule has 1 atom stereocenters. The SMILES string of the molecule is C=CC.C=CCS(=O)(=O)n1c(C(=O)OCC)c(P(OCc2ccccc2)c2ccccc2)c2cc(Cl)ccc21.CC. The number of fused-ring (bicyclic) bond motifs is 1. The van der Waals surface area contributed by atoms with Crippen LogP contribution in [0.15, 0.2) is 104 Å². The molecule has 3 aromatic carbocycles. The third kappa shape index (κ3) is 8.64. The number of carbonyl (C=O) groups excluding carboxylic acids is 1. The Morgan fingerprint density at radius 1 is 1.00 bits per heavy atom. The molecule has 0 aliphatic carbocycles. The van der Waals surface area contributed by atoms with Gasteiger partial charge in [-0.2, -0.15) is 0 Å². The highest BCUT2D eigenvalue weighted by Gasteiger charge is 2.35. The van der Waals surface area contributed by atoms with E-state index < -0.39 is 24.1 Å². The van der Waals surface area contributed by atoms with Crippen LogP contribution in [0.25, 0.3) is 10.9 Å². The number of esters is 1. The van der Waals surface area contributed by atoms with Crippen LogP contribution in [0.2, 0.25) is 5.02 Å². The van der Waals surface area contributed by atoms with Gasteiger partial charge < -0.3 is 9.26 Å². The topological polar surface area (TPSA) is 74.6 Å². The summed E-state index contributed by atoms with van der Waals surface area (Å²) in [6.07, 6.45) is 3.04. The number of ether oxygens (including phenoxy) is 1. The van der Waals surface area contributed by atoms with Gasteiger partial charge in [0.1, 0.15) is 0 Å². The van der Waals surface area contributed by atoms with Crippen LogP contribution in [0.1, 0.15) is 43.7 Å². The average Bonchev–Trinajstić information content (AvgIpc) is 3.31. The molecular weight excluding hydrogens is 577 g/mol. The fraction of sp³-hybridized carbons (Fsp3) is 0.219. The number of benzene rings is 3. The molecule has 1 heterocycles. The van der Waals surface area contributed by atoms with E-state index in [-0.39, 0.29) is 24.7 Å². The van der Waals surface area contributed by atoms with E-state index in [2.05, 4.69) is 13.2 Å². The Balaban J connectivity index is 0.00000110. The maximum Gasteiger partial charge on any atom is 0.356 e. The van der Waals surface area contributed by atoms with Gasteiger partial charge in [0, 0.05) is 21.0 Å². The van der Waals surface area contributed by atoms with Gasteiger partial charge in [-0.3, -0.25) is 0 Å². The Morgan fingerprint density at radius 2 is 1.59 bits per heavy atom. The van der Waals surface area contributed by atoms with Gasteiger partial charge >= 0.3 is 5.97 Å². The highest BCUT2D eigenvalue weighted by Crippen LogP contribution is 2.42. The lowest BCUT2D eigenvalue weighted by Gasteiger charge is -2.20. The monoisotopic (exact) mass is 613 g/mol. The van der Waals surface area contributed by atoms with Crippen molar-refractivity contribution in [1.29, 1.82) is 0 Å². The van der Waals surface area contributed by atoms with Crippen molar-refractivity contribution < 1.29 is 22.5 Å². The molecule has 1 unspecified atom stereocenters. The summed E-state index contributed by atoms with van der Waals surface area (Å²) in [5.74, 6) is -1.11. The first-order valence-corrected chi connectivity index (χ1v) is 16.5. The van der Waals surface area contributed by atoms with Crippen molar-refractivity contribution in [2.75, 3.05) is 12.4 Å². The molecule has 9 heteroatoms. The van der Waals surface area contributed by atoms with Crippen LogP contribution in [0.3, 0.4) is 0 Å². The van der Waals surface area contributed by atoms with E-state index in [0.29, 0.717) is 21.2 Å². The van der Waals surface area contributed by atoms with Crippen molar-refractivity contribution in [2.45, 2.75) is 34.3 Å². The maximum atomic E-state index is 13.4. The molecule has 0 amide bonds. The number of nitrogens with zero attached hydrogens (tertiary/aromatic N) is 1. The molecule has 0 N–H and O–H groups in total. The zero-order chi connectivity index (χ0) is 30.4. The number of hydrogen-bond donors (Lipinski definition) is 0. The first-order chi connectivity index (χ1) is 19.8. The third-order valence-corrected chi connectivity index (χ3v) is 9.17. The van der Waals surface area contributed by atoms with E-state index >= 15 is 0 Å². The Bertz CT molecular complexity index is 1540. The summed E-state index contributed by atoms with van der Waals surface area (Å²) in [5.41, 5.74) is 1.18. The summed E-state index contributed by atoms with van der Waals surface area (Å²) in [7, 11) is -5.65. The number of allylic oxidation sites excluding steroid dienone is 1. The van der Waals surface area contributed by atoms with Crippen molar-refractivity contribution >= 4 is 57.3 Å². The summed E-state index contributed by atoms with van der Waals surface area (Å²) in [5, 5.41) is 2.18. The molecule has 4 aromatic rings. The molecule has 0 aliphatic rings. The first-order valence-electron chi connectivity index (χ1n) is 13.2. The van der Waals surface area contributed by atoms with Crippen molar-refractivity contribution in [3.63, 3.8) is 0 Å². The second-order valence-corrected chi connectivity index (χ2v) is 12.3. The Morgan fingerprint density at radius 3 is 2.15 bits per heavy atom. The van der Waals surface area contributed by atoms with Gasteiger partial charge in [-0.15, -0.1) is 13.2 Å². The van der Waals surface area contributed by atoms with Gasteiger partial charge in [0.25, 0.3) is 0 Å². The molecule has 0 aliphatic heterocycles. The van der Waals surface area contributed by atoms with Crippen LogP contribution in [0.5, 0.6) is 0 Å². The standard InChI is InChI=1S/C27H25ClNO5PS.C3H6.C2H6/c1-3-17-36(31,32)29-24-16-15-21(28)18-23(24)26(25(29)27(30)33-4-2)35(22-13-9-6-10-14-22)34-19-20-11-7-5-8-12-20;1-3-2;1-2/h3,5-16,18H,1,4,17,19H2,2H3;3H,1H2,2H3;1-2H3.